The molecular weight excluding hydrogens is 228 g/mol. The lowest BCUT2D eigenvalue weighted by Crippen LogP contribution is -2.32. The van der Waals surface area contributed by atoms with Gasteiger partial charge in [0.25, 0.3) is 5.91 Å². The smallest absolute Gasteiger partial charge is 0.274 e. The number of hydrogen-bond donors (Lipinski definition) is 1. The van der Waals surface area contributed by atoms with Gasteiger partial charge in [-0.3, -0.25) is 9.78 Å². The molecule has 1 amide bonds. The summed E-state index contributed by atoms with van der Waals surface area (Å²) in [5, 5.41) is 0. The number of aromatic nitrogens is 2. The van der Waals surface area contributed by atoms with Crippen molar-refractivity contribution in [2.45, 2.75) is 32.7 Å². The standard InChI is InChI=1S/C13H20N4O/c1-3-4-10-7-17(8-11(10)14)13(18)12-6-15-9(2)5-16-12/h5-6,10-11H,3-4,7-8,14H2,1-2H3. The molecule has 1 fully saturated rings. The van der Waals surface area contributed by atoms with Crippen molar-refractivity contribution in [3.63, 3.8) is 0 Å². The monoisotopic (exact) mass is 248 g/mol. The molecule has 2 atom stereocenters. The molecule has 0 saturated carbocycles. The van der Waals surface area contributed by atoms with Crippen LogP contribution in [0.25, 0.3) is 0 Å². The molecule has 1 aliphatic heterocycles. The Bertz CT molecular complexity index is 418. The van der Waals surface area contributed by atoms with E-state index < -0.39 is 0 Å². The third kappa shape index (κ3) is 2.67. The van der Waals surface area contributed by atoms with E-state index >= 15 is 0 Å². The number of hydrogen-bond acceptors (Lipinski definition) is 4. The van der Waals surface area contributed by atoms with Gasteiger partial charge in [-0.25, -0.2) is 4.98 Å². The van der Waals surface area contributed by atoms with E-state index in [9.17, 15) is 4.79 Å². The van der Waals surface area contributed by atoms with Crippen LogP contribution in [-0.4, -0.2) is 39.9 Å². The molecule has 2 unspecified atom stereocenters. The van der Waals surface area contributed by atoms with Crippen LogP contribution in [0.3, 0.4) is 0 Å². The highest BCUT2D eigenvalue weighted by atomic mass is 16.2. The number of carbonyl (C=O) groups excluding carboxylic acids is 1. The van der Waals surface area contributed by atoms with Crippen molar-refractivity contribution >= 4 is 5.91 Å². The number of aryl methyl sites for hydroxylation is 1. The van der Waals surface area contributed by atoms with E-state index in [2.05, 4.69) is 16.9 Å². The third-order valence-corrected chi connectivity index (χ3v) is 3.44. The lowest BCUT2D eigenvalue weighted by atomic mass is 9.99. The Morgan fingerprint density at radius 1 is 1.44 bits per heavy atom. The lowest BCUT2D eigenvalue weighted by Gasteiger charge is -2.15. The average Bonchev–Trinajstić information content (AvgIpc) is 2.72. The van der Waals surface area contributed by atoms with Crippen LogP contribution >= 0.6 is 0 Å². The summed E-state index contributed by atoms with van der Waals surface area (Å²) in [5.41, 5.74) is 7.29. The first-order valence-corrected chi connectivity index (χ1v) is 6.45. The van der Waals surface area contributed by atoms with E-state index in [0.29, 0.717) is 18.2 Å². The van der Waals surface area contributed by atoms with Crippen molar-refractivity contribution in [3.8, 4) is 0 Å². The molecule has 0 radical (unpaired) electrons. The molecule has 1 aromatic heterocycles. The number of rotatable bonds is 3. The molecule has 5 heteroatoms. The maximum absolute atomic E-state index is 12.2. The van der Waals surface area contributed by atoms with Crippen molar-refractivity contribution in [1.82, 2.24) is 14.9 Å². The van der Waals surface area contributed by atoms with E-state index in [4.69, 9.17) is 5.73 Å². The summed E-state index contributed by atoms with van der Waals surface area (Å²) in [6, 6.07) is 0.0901. The second-order valence-corrected chi connectivity index (χ2v) is 4.97. The zero-order chi connectivity index (χ0) is 13.1. The third-order valence-electron chi connectivity index (χ3n) is 3.44. The predicted molar refractivity (Wildman–Crippen MR) is 69.0 cm³/mol. The summed E-state index contributed by atoms with van der Waals surface area (Å²) in [4.78, 5) is 22.2. The first-order valence-electron chi connectivity index (χ1n) is 6.45. The fraction of sp³-hybridized carbons (Fsp3) is 0.615. The Morgan fingerprint density at radius 2 is 2.22 bits per heavy atom. The zero-order valence-corrected chi connectivity index (χ0v) is 11.0. The van der Waals surface area contributed by atoms with Gasteiger partial charge in [-0.2, -0.15) is 0 Å². The zero-order valence-electron chi connectivity index (χ0n) is 11.0. The second-order valence-electron chi connectivity index (χ2n) is 4.97. The summed E-state index contributed by atoms with van der Waals surface area (Å²) >= 11 is 0. The number of likely N-dealkylation sites (tertiary alicyclic amines) is 1. The number of amides is 1. The minimum Gasteiger partial charge on any atom is -0.335 e. The fourth-order valence-electron chi connectivity index (χ4n) is 2.40. The van der Waals surface area contributed by atoms with Gasteiger partial charge in [0.15, 0.2) is 0 Å². The molecule has 0 bridgehead atoms. The Kier molecular flexibility index (Phi) is 3.91. The molecule has 0 aliphatic carbocycles. The molecule has 0 aromatic carbocycles. The minimum absolute atomic E-state index is 0.0587. The van der Waals surface area contributed by atoms with Gasteiger partial charge in [0.1, 0.15) is 5.69 Å². The summed E-state index contributed by atoms with van der Waals surface area (Å²) in [7, 11) is 0. The average molecular weight is 248 g/mol. The largest absolute Gasteiger partial charge is 0.335 e. The second kappa shape index (κ2) is 5.44. The van der Waals surface area contributed by atoms with Crippen molar-refractivity contribution in [1.29, 1.82) is 0 Å². The fourth-order valence-corrected chi connectivity index (χ4v) is 2.40. The van der Waals surface area contributed by atoms with Crippen molar-refractivity contribution in [2.75, 3.05) is 13.1 Å². The molecule has 5 nitrogen and oxygen atoms in total. The van der Waals surface area contributed by atoms with E-state index in [1.807, 2.05) is 6.92 Å². The molecule has 2 heterocycles. The van der Waals surface area contributed by atoms with Gasteiger partial charge in [-0.1, -0.05) is 13.3 Å². The summed E-state index contributed by atoms with van der Waals surface area (Å²) in [6.45, 7) is 5.36. The highest BCUT2D eigenvalue weighted by Crippen LogP contribution is 2.21. The van der Waals surface area contributed by atoms with Crippen LogP contribution in [0.4, 0.5) is 0 Å². The van der Waals surface area contributed by atoms with Gasteiger partial charge < -0.3 is 10.6 Å². The van der Waals surface area contributed by atoms with Gasteiger partial charge >= 0.3 is 0 Å². The van der Waals surface area contributed by atoms with Crippen molar-refractivity contribution in [3.05, 3.63) is 23.8 Å². The van der Waals surface area contributed by atoms with Crippen LogP contribution in [0.5, 0.6) is 0 Å². The summed E-state index contributed by atoms with van der Waals surface area (Å²) < 4.78 is 0. The molecule has 2 rings (SSSR count). The Labute approximate surface area is 107 Å². The van der Waals surface area contributed by atoms with Gasteiger partial charge in [0, 0.05) is 25.3 Å². The Balaban J connectivity index is 2.04. The Morgan fingerprint density at radius 3 is 2.83 bits per heavy atom. The summed E-state index contributed by atoms with van der Waals surface area (Å²) in [6.07, 6.45) is 5.33. The van der Waals surface area contributed by atoms with E-state index in [-0.39, 0.29) is 11.9 Å². The quantitative estimate of drug-likeness (QED) is 0.865. The first kappa shape index (κ1) is 13.0. The number of nitrogens with zero attached hydrogens (tertiary/aromatic N) is 3. The molecule has 18 heavy (non-hydrogen) atoms. The van der Waals surface area contributed by atoms with E-state index in [1.165, 1.54) is 6.20 Å². The number of carbonyl (C=O) groups is 1. The van der Waals surface area contributed by atoms with Crippen LogP contribution in [0.15, 0.2) is 12.4 Å². The predicted octanol–water partition coefficient (Wildman–Crippen LogP) is 0.984. The van der Waals surface area contributed by atoms with E-state index in [0.717, 1.165) is 25.1 Å². The van der Waals surface area contributed by atoms with Gasteiger partial charge in [-0.05, 0) is 19.3 Å². The van der Waals surface area contributed by atoms with Crippen LogP contribution in [0.2, 0.25) is 0 Å². The molecule has 2 N–H and O–H groups in total. The van der Waals surface area contributed by atoms with Crippen LogP contribution in [-0.2, 0) is 0 Å². The normalized spacial score (nSPS) is 23.4. The van der Waals surface area contributed by atoms with Gasteiger partial charge in [0.2, 0.25) is 0 Å². The Hall–Kier alpha value is -1.49. The molecular formula is C13H20N4O. The van der Waals surface area contributed by atoms with Crippen LogP contribution in [0.1, 0.15) is 35.9 Å². The SMILES string of the molecule is CCCC1CN(C(=O)c2cnc(C)cn2)CC1N. The van der Waals surface area contributed by atoms with Crippen LogP contribution in [0, 0.1) is 12.8 Å². The molecule has 1 aliphatic rings. The highest BCUT2D eigenvalue weighted by Gasteiger charge is 2.33. The molecule has 0 spiro atoms. The minimum atomic E-state index is -0.0587. The lowest BCUT2D eigenvalue weighted by molar-refractivity contribution is 0.0779. The molecule has 1 saturated heterocycles. The number of nitrogens with two attached hydrogens (primary N) is 1. The highest BCUT2D eigenvalue weighted by molar-refractivity contribution is 5.92. The van der Waals surface area contributed by atoms with E-state index in [1.54, 1.807) is 11.1 Å². The van der Waals surface area contributed by atoms with Gasteiger partial charge in [0.05, 0.1) is 11.9 Å². The maximum atomic E-state index is 12.2. The molecule has 1 aromatic rings. The first-order chi connectivity index (χ1) is 8.61. The summed E-state index contributed by atoms with van der Waals surface area (Å²) in [5.74, 6) is 0.355. The van der Waals surface area contributed by atoms with Crippen molar-refractivity contribution in [2.24, 2.45) is 11.7 Å². The molecule has 98 valence electrons. The van der Waals surface area contributed by atoms with Crippen molar-refractivity contribution < 1.29 is 4.79 Å². The van der Waals surface area contributed by atoms with Crippen LogP contribution < -0.4 is 5.73 Å². The topological polar surface area (TPSA) is 72.1 Å². The van der Waals surface area contributed by atoms with Gasteiger partial charge in [-0.15, -0.1) is 0 Å². The maximum Gasteiger partial charge on any atom is 0.274 e.